The maximum absolute atomic E-state index is 12.3. The van der Waals surface area contributed by atoms with Crippen LogP contribution >= 0.6 is 11.3 Å². The second-order valence-electron chi connectivity index (χ2n) is 5.35. The van der Waals surface area contributed by atoms with Gasteiger partial charge in [0.05, 0.1) is 25.3 Å². The van der Waals surface area contributed by atoms with Crippen LogP contribution in [0.5, 0.6) is 5.75 Å². The molecule has 1 aliphatic rings. The van der Waals surface area contributed by atoms with E-state index >= 15 is 0 Å². The van der Waals surface area contributed by atoms with Crippen molar-refractivity contribution >= 4 is 28.8 Å². The first-order chi connectivity index (χ1) is 11.1. The van der Waals surface area contributed by atoms with E-state index in [0.29, 0.717) is 24.6 Å². The highest BCUT2D eigenvalue weighted by Crippen LogP contribution is 2.30. The molecule has 2 amide bonds. The molecule has 1 N–H and O–H groups in total. The average molecular weight is 330 g/mol. The molecule has 5 nitrogen and oxygen atoms in total. The third-order valence-corrected chi connectivity index (χ3v) is 4.77. The van der Waals surface area contributed by atoms with E-state index in [1.165, 1.54) is 10.5 Å². The average Bonchev–Trinajstić information content (AvgIpc) is 2.89. The number of carbonyl (C=O) groups excluding carboxylic acids is 2. The summed E-state index contributed by atoms with van der Waals surface area (Å²) in [5, 5.41) is 4.88. The predicted octanol–water partition coefficient (Wildman–Crippen LogP) is 2.49. The number of nitrogens with zero attached hydrogens (tertiary/aromatic N) is 1. The van der Waals surface area contributed by atoms with Gasteiger partial charge >= 0.3 is 0 Å². The quantitative estimate of drug-likeness (QED) is 0.937. The van der Waals surface area contributed by atoms with E-state index in [1.807, 2.05) is 36.6 Å². The minimum absolute atomic E-state index is 0.00360. The minimum atomic E-state index is -0.178. The molecule has 1 aromatic carbocycles. The topological polar surface area (TPSA) is 58.6 Å². The van der Waals surface area contributed by atoms with E-state index in [4.69, 9.17) is 4.74 Å². The molecule has 0 atom stereocenters. The number of rotatable bonds is 4. The molecular formula is C17H18N2O3S. The summed E-state index contributed by atoms with van der Waals surface area (Å²) in [4.78, 5) is 27.1. The van der Waals surface area contributed by atoms with Crippen molar-refractivity contribution in [3.05, 3.63) is 46.2 Å². The number of ether oxygens (including phenoxy) is 1. The SMILES string of the molecule is Cc1ccsc1CNC(=O)CN1C(=O)CCOc2ccccc21. The van der Waals surface area contributed by atoms with E-state index in [9.17, 15) is 9.59 Å². The van der Waals surface area contributed by atoms with Crippen molar-refractivity contribution in [2.45, 2.75) is 19.9 Å². The standard InChI is InChI=1S/C17H18N2O3S/c1-12-7-9-23-15(12)10-18-16(20)11-19-13-4-2-3-5-14(13)22-8-6-17(19)21/h2-5,7,9H,6,8,10-11H2,1H3,(H,18,20). The van der Waals surface area contributed by atoms with Crippen molar-refractivity contribution < 1.29 is 14.3 Å². The summed E-state index contributed by atoms with van der Waals surface area (Å²) in [6.45, 7) is 2.85. The number of hydrogen-bond acceptors (Lipinski definition) is 4. The Kier molecular flexibility index (Phi) is 4.62. The van der Waals surface area contributed by atoms with Crippen molar-refractivity contribution in [2.24, 2.45) is 0 Å². The molecular weight excluding hydrogens is 312 g/mol. The fourth-order valence-electron chi connectivity index (χ4n) is 2.46. The largest absolute Gasteiger partial charge is 0.491 e. The lowest BCUT2D eigenvalue weighted by molar-refractivity contribution is -0.124. The van der Waals surface area contributed by atoms with Crippen LogP contribution < -0.4 is 15.0 Å². The zero-order valence-corrected chi connectivity index (χ0v) is 13.7. The Balaban J connectivity index is 1.69. The molecule has 0 saturated carbocycles. The molecule has 23 heavy (non-hydrogen) atoms. The van der Waals surface area contributed by atoms with Gasteiger partial charge in [-0.2, -0.15) is 0 Å². The lowest BCUT2D eigenvalue weighted by Crippen LogP contribution is -2.40. The van der Waals surface area contributed by atoms with Crippen LogP contribution in [0.2, 0.25) is 0 Å². The fraction of sp³-hybridized carbons (Fsp3) is 0.294. The third kappa shape index (κ3) is 3.53. The van der Waals surface area contributed by atoms with Gasteiger partial charge in [0.25, 0.3) is 0 Å². The number of hydrogen-bond donors (Lipinski definition) is 1. The van der Waals surface area contributed by atoms with E-state index in [0.717, 1.165) is 4.88 Å². The number of para-hydroxylation sites is 2. The number of aryl methyl sites for hydroxylation is 1. The monoisotopic (exact) mass is 330 g/mol. The smallest absolute Gasteiger partial charge is 0.240 e. The summed E-state index contributed by atoms with van der Waals surface area (Å²) in [6.07, 6.45) is 0.270. The van der Waals surface area contributed by atoms with Crippen LogP contribution in [0.15, 0.2) is 35.7 Å². The van der Waals surface area contributed by atoms with E-state index < -0.39 is 0 Å². The van der Waals surface area contributed by atoms with Gasteiger partial charge in [0.15, 0.2) is 0 Å². The van der Waals surface area contributed by atoms with Crippen LogP contribution in [0, 0.1) is 6.92 Å². The van der Waals surface area contributed by atoms with Gasteiger partial charge in [-0.3, -0.25) is 14.5 Å². The van der Waals surface area contributed by atoms with Gasteiger partial charge in [0.1, 0.15) is 12.3 Å². The lowest BCUT2D eigenvalue weighted by atomic mass is 10.2. The molecule has 0 radical (unpaired) electrons. The second-order valence-corrected chi connectivity index (χ2v) is 6.35. The molecule has 0 spiro atoms. The molecule has 2 heterocycles. The summed E-state index contributed by atoms with van der Waals surface area (Å²) in [7, 11) is 0. The summed E-state index contributed by atoms with van der Waals surface area (Å²) in [5.74, 6) is 0.362. The van der Waals surface area contributed by atoms with Crippen LogP contribution in [0.25, 0.3) is 0 Å². The van der Waals surface area contributed by atoms with Gasteiger partial charge in [-0.1, -0.05) is 12.1 Å². The summed E-state index contributed by atoms with van der Waals surface area (Å²) in [5.41, 5.74) is 1.82. The van der Waals surface area contributed by atoms with Crippen LogP contribution in [-0.4, -0.2) is 25.0 Å². The first-order valence-electron chi connectivity index (χ1n) is 7.47. The Morgan fingerprint density at radius 1 is 1.35 bits per heavy atom. The fourth-order valence-corrected chi connectivity index (χ4v) is 3.30. The summed E-state index contributed by atoms with van der Waals surface area (Å²) >= 11 is 1.61. The number of benzene rings is 1. The number of anilines is 1. The second kappa shape index (κ2) is 6.83. The molecule has 120 valence electrons. The number of nitrogens with one attached hydrogen (secondary N) is 1. The number of thiophene rings is 1. The Labute approximate surface area is 138 Å². The molecule has 6 heteroatoms. The van der Waals surface area contributed by atoms with Crippen LogP contribution in [0.4, 0.5) is 5.69 Å². The Morgan fingerprint density at radius 2 is 2.17 bits per heavy atom. The van der Waals surface area contributed by atoms with Crippen molar-refractivity contribution in [1.82, 2.24) is 5.32 Å². The molecule has 0 bridgehead atoms. The highest BCUT2D eigenvalue weighted by molar-refractivity contribution is 7.10. The van der Waals surface area contributed by atoms with Gasteiger partial charge in [-0.15, -0.1) is 11.3 Å². The summed E-state index contributed by atoms with van der Waals surface area (Å²) < 4.78 is 5.57. The molecule has 1 aliphatic heterocycles. The van der Waals surface area contributed by atoms with Crippen LogP contribution in [0.1, 0.15) is 16.9 Å². The lowest BCUT2D eigenvalue weighted by Gasteiger charge is -2.21. The van der Waals surface area contributed by atoms with Crippen LogP contribution in [0.3, 0.4) is 0 Å². The van der Waals surface area contributed by atoms with Gasteiger partial charge < -0.3 is 10.1 Å². The normalized spacial score (nSPS) is 14.0. The zero-order chi connectivity index (χ0) is 16.2. The number of carbonyl (C=O) groups is 2. The molecule has 2 aromatic rings. The van der Waals surface area contributed by atoms with Crippen molar-refractivity contribution in [3.8, 4) is 5.75 Å². The Hall–Kier alpha value is -2.34. The van der Waals surface area contributed by atoms with Gasteiger partial charge in [-0.25, -0.2) is 0 Å². The molecule has 0 saturated heterocycles. The van der Waals surface area contributed by atoms with Crippen molar-refractivity contribution in [3.63, 3.8) is 0 Å². The third-order valence-electron chi connectivity index (χ3n) is 3.75. The summed E-state index contributed by atoms with van der Waals surface area (Å²) in [6, 6.07) is 9.33. The molecule has 0 unspecified atom stereocenters. The van der Waals surface area contributed by atoms with Gasteiger partial charge in [-0.05, 0) is 36.1 Å². The highest BCUT2D eigenvalue weighted by Gasteiger charge is 2.24. The Bertz CT molecular complexity index is 726. The van der Waals surface area contributed by atoms with Gasteiger partial charge in [0.2, 0.25) is 11.8 Å². The maximum Gasteiger partial charge on any atom is 0.240 e. The maximum atomic E-state index is 12.3. The number of fused-ring (bicyclic) bond motifs is 1. The predicted molar refractivity (Wildman–Crippen MR) is 89.8 cm³/mol. The number of amides is 2. The van der Waals surface area contributed by atoms with E-state index in [-0.39, 0.29) is 24.8 Å². The van der Waals surface area contributed by atoms with Crippen LogP contribution in [-0.2, 0) is 16.1 Å². The molecule has 0 fully saturated rings. The zero-order valence-electron chi connectivity index (χ0n) is 12.9. The Morgan fingerprint density at radius 3 is 2.96 bits per heavy atom. The molecule has 0 aliphatic carbocycles. The first kappa shape index (κ1) is 15.6. The van der Waals surface area contributed by atoms with Crippen molar-refractivity contribution in [2.75, 3.05) is 18.1 Å². The first-order valence-corrected chi connectivity index (χ1v) is 8.35. The van der Waals surface area contributed by atoms with Gasteiger partial charge in [0, 0.05) is 4.88 Å². The molecule has 1 aromatic heterocycles. The van der Waals surface area contributed by atoms with Crippen molar-refractivity contribution in [1.29, 1.82) is 0 Å². The van der Waals surface area contributed by atoms with E-state index in [2.05, 4.69) is 5.32 Å². The highest BCUT2D eigenvalue weighted by atomic mass is 32.1. The minimum Gasteiger partial charge on any atom is -0.491 e. The molecule has 3 rings (SSSR count). The van der Waals surface area contributed by atoms with E-state index in [1.54, 1.807) is 17.4 Å².